The van der Waals surface area contributed by atoms with E-state index in [2.05, 4.69) is 50.4 Å². The maximum absolute atomic E-state index is 5.83. The molecule has 0 spiro atoms. The molecule has 19 heavy (non-hydrogen) atoms. The number of rotatable bonds is 6. The monoisotopic (exact) mass is 261 g/mol. The molecule has 0 bridgehead atoms. The largest absolute Gasteiger partial charge is 0.494 e. The Morgan fingerprint density at radius 3 is 2.53 bits per heavy atom. The van der Waals surface area contributed by atoms with Crippen molar-refractivity contribution >= 4 is 0 Å². The van der Waals surface area contributed by atoms with Gasteiger partial charge in [0.1, 0.15) is 5.75 Å². The summed E-state index contributed by atoms with van der Waals surface area (Å²) in [6.07, 6.45) is 5.33. The minimum atomic E-state index is 0.364. The summed E-state index contributed by atoms with van der Waals surface area (Å²) in [4.78, 5) is 0. The normalized spacial score (nSPS) is 19.3. The molecule has 0 heterocycles. The maximum atomic E-state index is 5.83. The summed E-state index contributed by atoms with van der Waals surface area (Å²) in [5, 5.41) is 3.70. The molecule has 1 aliphatic carbocycles. The van der Waals surface area contributed by atoms with E-state index in [-0.39, 0.29) is 0 Å². The molecular weight excluding hydrogens is 234 g/mol. The maximum Gasteiger partial charge on any atom is 0.124 e. The first kappa shape index (κ1) is 14.4. The summed E-state index contributed by atoms with van der Waals surface area (Å²) in [5.74, 6) is 1.05. The van der Waals surface area contributed by atoms with E-state index in [9.17, 15) is 0 Å². The topological polar surface area (TPSA) is 21.3 Å². The van der Waals surface area contributed by atoms with Crippen molar-refractivity contribution in [1.82, 2.24) is 5.32 Å². The van der Waals surface area contributed by atoms with E-state index in [1.54, 1.807) is 0 Å². The van der Waals surface area contributed by atoms with E-state index in [0.717, 1.165) is 18.9 Å². The fourth-order valence-electron chi connectivity index (χ4n) is 3.41. The zero-order chi connectivity index (χ0) is 13.7. The van der Waals surface area contributed by atoms with Crippen LogP contribution in [0.25, 0.3) is 0 Å². The molecule has 1 fully saturated rings. The Labute approximate surface area is 117 Å². The Balaban J connectivity index is 2.33. The molecule has 1 saturated carbocycles. The highest BCUT2D eigenvalue weighted by atomic mass is 16.5. The van der Waals surface area contributed by atoms with E-state index in [0.29, 0.717) is 11.5 Å². The van der Waals surface area contributed by atoms with Crippen molar-refractivity contribution < 1.29 is 4.74 Å². The van der Waals surface area contributed by atoms with Crippen LogP contribution in [0, 0.1) is 5.41 Å². The second-order valence-corrected chi connectivity index (χ2v) is 5.82. The van der Waals surface area contributed by atoms with Gasteiger partial charge in [-0.05, 0) is 37.8 Å². The number of hydrogen-bond acceptors (Lipinski definition) is 2. The number of hydrogen-bond donors (Lipinski definition) is 1. The summed E-state index contributed by atoms with van der Waals surface area (Å²) < 4.78 is 5.83. The number of benzene rings is 1. The van der Waals surface area contributed by atoms with Gasteiger partial charge in [-0.25, -0.2) is 0 Å². The van der Waals surface area contributed by atoms with Crippen molar-refractivity contribution in [3.05, 3.63) is 29.8 Å². The van der Waals surface area contributed by atoms with Crippen LogP contribution < -0.4 is 10.1 Å². The lowest BCUT2D eigenvalue weighted by atomic mass is 9.77. The van der Waals surface area contributed by atoms with Gasteiger partial charge in [-0.1, -0.05) is 44.9 Å². The predicted octanol–water partition coefficient (Wildman–Crippen LogP) is 4.32. The van der Waals surface area contributed by atoms with Crippen LogP contribution in [0.3, 0.4) is 0 Å². The SMILES string of the molecule is CCNC(c1ccccc1OCC)C1(C)CCCC1. The van der Waals surface area contributed by atoms with Gasteiger partial charge in [-0.3, -0.25) is 0 Å². The molecule has 106 valence electrons. The van der Waals surface area contributed by atoms with Crippen molar-refractivity contribution in [1.29, 1.82) is 0 Å². The van der Waals surface area contributed by atoms with Crippen molar-refractivity contribution in [3.63, 3.8) is 0 Å². The fraction of sp³-hybridized carbons (Fsp3) is 0.647. The van der Waals surface area contributed by atoms with Crippen LogP contribution in [-0.4, -0.2) is 13.2 Å². The first-order valence-corrected chi connectivity index (χ1v) is 7.66. The van der Waals surface area contributed by atoms with Gasteiger partial charge in [-0.15, -0.1) is 0 Å². The molecule has 1 aromatic carbocycles. The molecular formula is C17H27NO. The molecule has 0 aromatic heterocycles. The average molecular weight is 261 g/mol. The lowest BCUT2D eigenvalue weighted by molar-refractivity contribution is 0.218. The molecule has 1 aromatic rings. The highest BCUT2D eigenvalue weighted by Gasteiger charge is 2.38. The molecule has 1 aliphatic rings. The summed E-state index contributed by atoms with van der Waals surface area (Å²) in [6, 6.07) is 8.92. The van der Waals surface area contributed by atoms with E-state index < -0.39 is 0 Å². The van der Waals surface area contributed by atoms with Crippen molar-refractivity contribution in [2.24, 2.45) is 5.41 Å². The van der Waals surface area contributed by atoms with Gasteiger partial charge in [0, 0.05) is 11.6 Å². The van der Waals surface area contributed by atoms with Crippen molar-refractivity contribution in [2.45, 2.75) is 52.5 Å². The lowest BCUT2D eigenvalue weighted by Crippen LogP contribution is -2.34. The summed E-state index contributed by atoms with van der Waals surface area (Å²) in [7, 11) is 0. The second kappa shape index (κ2) is 6.42. The summed E-state index contributed by atoms with van der Waals surface area (Å²) in [6.45, 7) is 8.40. The third kappa shape index (κ3) is 3.11. The molecule has 1 atom stereocenters. The highest BCUT2D eigenvalue weighted by Crippen LogP contribution is 2.48. The van der Waals surface area contributed by atoms with E-state index in [1.807, 2.05) is 0 Å². The Hall–Kier alpha value is -1.02. The van der Waals surface area contributed by atoms with Crippen molar-refractivity contribution in [3.8, 4) is 5.75 Å². The lowest BCUT2D eigenvalue weighted by Gasteiger charge is -2.36. The van der Waals surface area contributed by atoms with Gasteiger partial charge in [-0.2, -0.15) is 0 Å². The zero-order valence-electron chi connectivity index (χ0n) is 12.5. The van der Waals surface area contributed by atoms with Crippen LogP contribution in [0.4, 0.5) is 0 Å². The predicted molar refractivity (Wildman–Crippen MR) is 80.6 cm³/mol. The van der Waals surface area contributed by atoms with Gasteiger partial charge < -0.3 is 10.1 Å². The molecule has 0 aliphatic heterocycles. The molecule has 0 saturated heterocycles. The van der Waals surface area contributed by atoms with E-state index in [1.165, 1.54) is 31.2 Å². The first-order valence-electron chi connectivity index (χ1n) is 7.66. The van der Waals surface area contributed by atoms with E-state index in [4.69, 9.17) is 4.74 Å². The van der Waals surface area contributed by atoms with E-state index >= 15 is 0 Å². The molecule has 1 N–H and O–H groups in total. The standard InChI is InChI=1S/C17H27NO/c1-4-18-16(17(3)12-8-9-13-17)14-10-6-7-11-15(14)19-5-2/h6-7,10-11,16,18H,4-5,8-9,12-13H2,1-3H3. The Morgan fingerprint density at radius 1 is 1.21 bits per heavy atom. The number of ether oxygens (including phenoxy) is 1. The van der Waals surface area contributed by atoms with Crippen LogP contribution in [0.2, 0.25) is 0 Å². The van der Waals surface area contributed by atoms with Gasteiger partial charge in [0.05, 0.1) is 6.61 Å². The molecule has 0 radical (unpaired) electrons. The Kier molecular flexibility index (Phi) is 4.87. The van der Waals surface area contributed by atoms with Crippen LogP contribution in [-0.2, 0) is 0 Å². The van der Waals surface area contributed by atoms with Gasteiger partial charge >= 0.3 is 0 Å². The van der Waals surface area contributed by atoms with Crippen LogP contribution >= 0.6 is 0 Å². The first-order chi connectivity index (χ1) is 9.21. The average Bonchev–Trinajstić information content (AvgIpc) is 2.85. The molecule has 1 unspecified atom stereocenters. The quantitative estimate of drug-likeness (QED) is 0.823. The van der Waals surface area contributed by atoms with Crippen LogP contribution in [0.1, 0.15) is 58.1 Å². The minimum Gasteiger partial charge on any atom is -0.494 e. The number of nitrogens with one attached hydrogen (secondary N) is 1. The molecule has 2 heteroatoms. The molecule has 0 amide bonds. The third-order valence-corrected chi connectivity index (χ3v) is 4.38. The summed E-state index contributed by atoms with van der Waals surface area (Å²) in [5.41, 5.74) is 1.69. The van der Waals surface area contributed by atoms with Crippen LogP contribution in [0.15, 0.2) is 24.3 Å². The zero-order valence-corrected chi connectivity index (χ0v) is 12.5. The van der Waals surface area contributed by atoms with Crippen LogP contribution in [0.5, 0.6) is 5.75 Å². The van der Waals surface area contributed by atoms with Crippen molar-refractivity contribution in [2.75, 3.05) is 13.2 Å². The van der Waals surface area contributed by atoms with Gasteiger partial charge in [0.15, 0.2) is 0 Å². The third-order valence-electron chi connectivity index (χ3n) is 4.38. The smallest absolute Gasteiger partial charge is 0.124 e. The van der Waals surface area contributed by atoms with Gasteiger partial charge in [0.25, 0.3) is 0 Å². The molecule has 2 nitrogen and oxygen atoms in total. The summed E-state index contributed by atoms with van der Waals surface area (Å²) >= 11 is 0. The Bertz CT molecular complexity index is 396. The molecule has 2 rings (SSSR count). The minimum absolute atomic E-state index is 0.364. The second-order valence-electron chi connectivity index (χ2n) is 5.82. The Morgan fingerprint density at radius 2 is 1.89 bits per heavy atom. The highest BCUT2D eigenvalue weighted by molar-refractivity contribution is 5.37. The van der Waals surface area contributed by atoms with Gasteiger partial charge in [0.2, 0.25) is 0 Å². The fourth-order valence-corrected chi connectivity index (χ4v) is 3.41. The number of para-hydroxylation sites is 1.